The molecule has 33 heavy (non-hydrogen) atoms. The third-order valence-electron chi connectivity index (χ3n) is 6.77. The molecule has 2 N–H and O–H groups in total. The van der Waals surface area contributed by atoms with Crippen LogP contribution in [0.1, 0.15) is 52.8 Å². The summed E-state index contributed by atoms with van der Waals surface area (Å²) < 4.78 is 10.5. The van der Waals surface area contributed by atoms with Crippen LogP contribution >= 0.6 is 0 Å². The molecule has 0 spiro atoms. The van der Waals surface area contributed by atoms with Crippen LogP contribution in [-0.4, -0.2) is 56.6 Å². The van der Waals surface area contributed by atoms with Crippen molar-refractivity contribution in [2.75, 3.05) is 39.2 Å². The van der Waals surface area contributed by atoms with E-state index in [-0.39, 0.29) is 11.8 Å². The molecular formula is C26H33N3O4. The molecule has 2 atom stereocenters. The van der Waals surface area contributed by atoms with Gasteiger partial charge in [-0.3, -0.25) is 9.59 Å². The average molecular weight is 452 g/mol. The van der Waals surface area contributed by atoms with Gasteiger partial charge >= 0.3 is 0 Å². The lowest BCUT2D eigenvalue weighted by molar-refractivity contribution is 0.0575. The fraction of sp³-hybridized carbons (Fsp3) is 0.462. The quantitative estimate of drug-likeness (QED) is 0.666. The van der Waals surface area contributed by atoms with Gasteiger partial charge in [-0.15, -0.1) is 0 Å². The summed E-state index contributed by atoms with van der Waals surface area (Å²) in [6.07, 6.45) is 6.23. The number of hydrogen-bond acceptors (Lipinski definition) is 5. The molecule has 2 heterocycles. The van der Waals surface area contributed by atoms with Gasteiger partial charge in [0.1, 0.15) is 11.5 Å². The van der Waals surface area contributed by atoms with E-state index in [1.54, 1.807) is 56.7 Å². The summed E-state index contributed by atoms with van der Waals surface area (Å²) in [5.74, 6) is 1.26. The van der Waals surface area contributed by atoms with Gasteiger partial charge in [-0.05, 0) is 81.1 Å². The van der Waals surface area contributed by atoms with E-state index >= 15 is 0 Å². The summed E-state index contributed by atoms with van der Waals surface area (Å²) in [6.45, 7) is 3.12. The minimum atomic E-state index is -0.279. The summed E-state index contributed by atoms with van der Waals surface area (Å²) in [4.78, 5) is 28.0. The zero-order valence-electron chi connectivity index (χ0n) is 19.4. The molecule has 2 aliphatic heterocycles. The molecule has 2 unspecified atom stereocenters. The minimum Gasteiger partial charge on any atom is -0.497 e. The Labute approximate surface area is 195 Å². The topological polar surface area (TPSA) is 79.9 Å². The van der Waals surface area contributed by atoms with Crippen LogP contribution < -0.4 is 20.1 Å². The fourth-order valence-electron chi connectivity index (χ4n) is 4.99. The smallest absolute Gasteiger partial charge is 0.255 e. The maximum Gasteiger partial charge on any atom is 0.255 e. The second kappa shape index (κ2) is 10.7. The normalized spacial score (nSPS) is 20.4. The summed E-state index contributed by atoms with van der Waals surface area (Å²) in [5, 5.41) is 5.99. The van der Waals surface area contributed by atoms with Crippen LogP contribution in [0, 0.1) is 5.92 Å². The highest BCUT2D eigenvalue weighted by Crippen LogP contribution is 2.30. The number of nitrogens with one attached hydrogen (secondary N) is 2. The number of benzene rings is 2. The van der Waals surface area contributed by atoms with Crippen LogP contribution in [0.5, 0.6) is 11.5 Å². The van der Waals surface area contributed by atoms with Crippen molar-refractivity contribution in [3.05, 3.63) is 53.6 Å². The number of carbonyl (C=O) groups is 2. The summed E-state index contributed by atoms with van der Waals surface area (Å²) >= 11 is 0. The van der Waals surface area contributed by atoms with Gasteiger partial charge in [0.15, 0.2) is 0 Å². The first-order chi connectivity index (χ1) is 16.1. The van der Waals surface area contributed by atoms with E-state index in [0.717, 1.165) is 6.54 Å². The van der Waals surface area contributed by atoms with E-state index < -0.39 is 0 Å². The minimum absolute atomic E-state index is 0.0710. The molecular weight excluding hydrogens is 418 g/mol. The summed E-state index contributed by atoms with van der Waals surface area (Å²) in [6, 6.07) is 12.6. The number of methoxy groups -OCH3 is 2. The predicted octanol–water partition coefficient (Wildman–Crippen LogP) is 3.95. The standard InChI is InChI=1S/C26H33N3O4/c1-32-22-14-20(15-23(16-22)33-2)26(31)28-21-10-8-18(9-11-21)25(30)27-17-19-6-5-13-29-12-4-3-7-24(19)29/h8-11,14-16,19,24H,3-7,12-13,17H2,1-2H3,(H,27,30)(H,28,31). The van der Waals surface area contributed by atoms with Crippen LogP contribution in [0.4, 0.5) is 5.69 Å². The van der Waals surface area contributed by atoms with Crippen molar-refractivity contribution in [1.29, 1.82) is 0 Å². The van der Waals surface area contributed by atoms with Crippen LogP contribution in [0.2, 0.25) is 0 Å². The maximum atomic E-state index is 12.7. The molecule has 2 amide bonds. The third kappa shape index (κ3) is 5.66. The lowest BCUT2D eigenvalue weighted by Crippen LogP contribution is -2.51. The zero-order chi connectivity index (χ0) is 23.2. The van der Waals surface area contributed by atoms with Gasteiger partial charge < -0.3 is 25.0 Å². The molecule has 7 heteroatoms. The summed E-state index contributed by atoms with van der Waals surface area (Å²) in [7, 11) is 3.08. The molecule has 0 aromatic heterocycles. The molecule has 0 bridgehead atoms. The van der Waals surface area contributed by atoms with Crippen molar-refractivity contribution in [2.45, 2.75) is 38.1 Å². The van der Waals surface area contributed by atoms with Gasteiger partial charge in [0.05, 0.1) is 14.2 Å². The van der Waals surface area contributed by atoms with Crippen molar-refractivity contribution in [3.63, 3.8) is 0 Å². The Hall–Kier alpha value is -3.06. The lowest BCUT2D eigenvalue weighted by atomic mass is 9.83. The lowest BCUT2D eigenvalue weighted by Gasteiger charge is -2.44. The van der Waals surface area contributed by atoms with Crippen molar-refractivity contribution in [2.24, 2.45) is 5.92 Å². The second-order valence-corrected chi connectivity index (χ2v) is 8.84. The van der Waals surface area contributed by atoms with E-state index in [2.05, 4.69) is 15.5 Å². The molecule has 0 aliphatic carbocycles. The third-order valence-corrected chi connectivity index (χ3v) is 6.77. The van der Waals surface area contributed by atoms with E-state index in [9.17, 15) is 9.59 Å². The Kier molecular flexibility index (Phi) is 7.50. The van der Waals surface area contributed by atoms with Crippen molar-refractivity contribution >= 4 is 17.5 Å². The van der Waals surface area contributed by atoms with Gasteiger partial charge in [0, 0.05) is 35.5 Å². The second-order valence-electron chi connectivity index (χ2n) is 8.84. The molecule has 0 radical (unpaired) electrons. The molecule has 2 aromatic carbocycles. The average Bonchev–Trinajstić information content (AvgIpc) is 2.87. The van der Waals surface area contributed by atoms with Crippen molar-refractivity contribution in [3.8, 4) is 11.5 Å². The molecule has 2 saturated heterocycles. The highest BCUT2D eigenvalue weighted by Gasteiger charge is 2.32. The monoisotopic (exact) mass is 451 g/mol. The van der Waals surface area contributed by atoms with Gasteiger partial charge in [-0.25, -0.2) is 0 Å². The van der Waals surface area contributed by atoms with Gasteiger partial charge in [-0.2, -0.15) is 0 Å². The molecule has 4 rings (SSSR count). The van der Waals surface area contributed by atoms with Gasteiger partial charge in [-0.1, -0.05) is 6.42 Å². The number of anilines is 1. The van der Waals surface area contributed by atoms with Crippen LogP contribution in [-0.2, 0) is 0 Å². The highest BCUT2D eigenvalue weighted by molar-refractivity contribution is 6.05. The van der Waals surface area contributed by atoms with E-state index in [0.29, 0.717) is 40.3 Å². The molecule has 0 saturated carbocycles. The van der Waals surface area contributed by atoms with Crippen molar-refractivity contribution < 1.29 is 19.1 Å². The molecule has 2 aliphatic rings. The fourth-order valence-corrected chi connectivity index (χ4v) is 4.99. The Bertz CT molecular complexity index is 952. The number of amides is 2. The van der Waals surface area contributed by atoms with E-state index in [4.69, 9.17) is 9.47 Å². The van der Waals surface area contributed by atoms with E-state index in [1.807, 2.05) is 0 Å². The number of carbonyl (C=O) groups excluding carboxylic acids is 2. The Morgan fingerprint density at radius 2 is 1.58 bits per heavy atom. The first-order valence-electron chi connectivity index (χ1n) is 11.7. The largest absolute Gasteiger partial charge is 0.497 e. The zero-order valence-corrected chi connectivity index (χ0v) is 19.4. The molecule has 2 aromatic rings. The van der Waals surface area contributed by atoms with Crippen LogP contribution in [0.15, 0.2) is 42.5 Å². The first kappa shape index (κ1) is 23.1. The number of rotatable bonds is 7. The highest BCUT2D eigenvalue weighted by atomic mass is 16.5. The molecule has 176 valence electrons. The number of nitrogens with zero attached hydrogens (tertiary/aromatic N) is 1. The van der Waals surface area contributed by atoms with Crippen LogP contribution in [0.25, 0.3) is 0 Å². The predicted molar refractivity (Wildman–Crippen MR) is 128 cm³/mol. The number of ether oxygens (including phenoxy) is 2. The maximum absolute atomic E-state index is 12.7. The Balaban J connectivity index is 1.33. The Morgan fingerprint density at radius 3 is 2.27 bits per heavy atom. The van der Waals surface area contributed by atoms with Gasteiger partial charge in [0.25, 0.3) is 11.8 Å². The first-order valence-corrected chi connectivity index (χ1v) is 11.7. The Morgan fingerprint density at radius 1 is 0.879 bits per heavy atom. The van der Waals surface area contributed by atoms with E-state index in [1.165, 1.54) is 45.2 Å². The number of piperidine rings is 2. The molecule has 2 fully saturated rings. The summed E-state index contributed by atoms with van der Waals surface area (Å²) in [5.41, 5.74) is 1.63. The molecule has 7 nitrogen and oxygen atoms in total. The number of fused-ring (bicyclic) bond motifs is 1. The van der Waals surface area contributed by atoms with Crippen molar-refractivity contribution in [1.82, 2.24) is 10.2 Å². The van der Waals surface area contributed by atoms with Gasteiger partial charge in [0.2, 0.25) is 0 Å². The SMILES string of the molecule is COc1cc(OC)cc(C(=O)Nc2ccc(C(=O)NCC3CCCN4CCCCC34)cc2)c1. The number of hydrogen-bond donors (Lipinski definition) is 2. The van der Waals surface area contributed by atoms with Crippen LogP contribution in [0.3, 0.4) is 0 Å².